The first-order valence-electron chi connectivity index (χ1n) is 7.18. The summed E-state index contributed by atoms with van der Waals surface area (Å²) in [4.78, 5) is 16.5. The molecule has 0 amide bonds. The van der Waals surface area contributed by atoms with E-state index in [0.717, 1.165) is 16.6 Å². The molecule has 6 heteroatoms. The van der Waals surface area contributed by atoms with Crippen molar-refractivity contribution in [1.82, 2.24) is 14.9 Å². The lowest BCUT2D eigenvalue weighted by molar-refractivity contribution is 0.414. The van der Waals surface area contributed by atoms with Gasteiger partial charge in [-0.15, -0.1) is 0 Å². The van der Waals surface area contributed by atoms with Crippen molar-refractivity contribution in [3.05, 3.63) is 51.0 Å². The first-order chi connectivity index (χ1) is 10.3. The van der Waals surface area contributed by atoms with Crippen molar-refractivity contribution < 1.29 is 0 Å². The summed E-state index contributed by atoms with van der Waals surface area (Å²) in [7, 11) is 1.72. The molecular formula is C16H21BrN4O. The Morgan fingerprint density at radius 1 is 1.36 bits per heavy atom. The van der Waals surface area contributed by atoms with Gasteiger partial charge in [0.1, 0.15) is 11.5 Å². The number of pyridine rings is 2. The molecule has 0 bridgehead atoms. The van der Waals surface area contributed by atoms with E-state index in [1.54, 1.807) is 19.3 Å². The van der Waals surface area contributed by atoms with Crippen LogP contribution in [0.25, 0.3) is 0 Å². The first-order valence-corrected chi connectivity index (χ1v) is 7.97. The average Bonchev–Trinajstić information content (AvgIpc) is 2.45. The predicted molar refractivity (Wildman–Crippen MR) is 93.6 cm³/mol. The molecule has 2 aromatic rings. The highest BCUT2D eigenvalue weighted by molar-refractivity contribution is 9.10. The van der Waals surface area contributed by atoms with Gasteiger partial charge in [-0.25, -0.2) is 4.98 Å². The Bertz CT molecular complexity index is 707. The van der Waals surface area contributed by atoms with Gasteiger partial charge in [-0.05, 0) is 54.0 Å². The minimum Gasteiger partial charge on any atom is -0.336 e. The van der Waals surface area contributed by atoms with E-state index in [4.69, 9.17) is 0 Å². The van der Waals surface area contributed by atoms with Crippen LogP contribution in [-0.4, -0.2) is 16.1 Å². The number of hydrogen-bond donors (Lipinski definition) is 2. The molecule has 0 saturated heterocycles. The smallest absolute Gasteiger partial charge is 0.274 e. The summed E-state index contributed by atoms with van der Waals surface area (Å²) in [5.41, 5.74) is 1.36. The Labute approximate surface area is 138 Å². The average molecular weight is 365 g/mol. The van der Waals surface area contributed by atoms with E-state index in [1.807, 2.05) is 18.3 Å². The van der Waals surface area contributed by atoms with Crippen LogP contribution in [0.15, 0.2) is 39.9 Å². The minimum atomic E-state index is -0.133. The molecule has 5 nitrogen and oxygen atoms in total. The highest BCUT2D eigenvalue weighted by Crippen LogP contribution is 2.21. The molecule has 0 aliphatic carbocycles. The molecule has 0 atom stereocenters. The molecule has 118 valence electrons. The van der Waals surface area contributed by atoms with Gasteiger partial charge in [0.15, 0.2) is 0 Å². The number of hydrogen-bond acceptors (Lipinski definition) is 4. The number of aryl methyl sites for hydroxylation is 1. The van der Waals surface area contributed by atoms with Gasteiger partial charge in [0.25, 0.3) is 5.56 Å². The second-order valence-corrected chi connectivity index (χ2v) is 6.62. The largest absolute Gasteiger partial charge is 0.336 e. The zero-order chi connectivity index (χ0) is 16.3. The quantitative estimate of drug-likeness (QED) is 0.855. The predicted octanol–water partition coefficient (Wildman–Crippen LogP) is 3.13. The number of anilines is 2. The normalized spacial score (nSPS) is 11.5. The maximum atomic E-state index is 12.1. The van der Waals surface area contributed by atoms with E-state index in [0.29, 0.717) is 11.5 Å². The van der Waals surface area contributed by atoms with Gasteiger partial charge in [-0.3, -0.25) is 4.79 Å². The molecule has 0 unspecified atom stereocenters. The molecule has 0 aliphatic rings. The lowest BCUT2D eigenvalue weighted by Crippen LogP contribution is -2.36. The first kappa shape index (κ1) is 16.7. The highest BCUT2D eigenvalue weighted by Gasteiger charge is 2.19. The van der Waals surface area contributed by atoms with E-state index in [-0.39, 0.29) is 11.1 Å². The summed E-state index contributed by atoms with van der Waals surface area (Å²) >= 11 is 3.39. The molecule has 0 fully saturated rings. The van der Waals surface area contributed by atoms with Crippen molar-refractivity contribution in [2.24, 2.45) is 7.05 Å². The lowest BCUT2D eigenvalue weighted by atomic mass is 9.96. The Morgan fingerprint density at radius 2 is 2.09 bits per heavy atom. The molecule has 2 N–H and O–H groups in total. The molecule has 22 heavy (non-hydrogen) atoms. The Hall–Kier alpha value is -1.66. The van der Waals surface area contributed by atoms with Crippen LogP contribution in [0.4, 0.5) is 11.5 Å². The molecule has 0 spiro atoms. The van der Waals surface area contributed by atoms with Crippen molar-refractivity contribution in [1.29, 1.82) is 0 Å². The zero-order valence-electron chi connectivity index (χ0n) is 13.3. The summed E-state index contributed by atoms with van der Waals surface area (Å²) in [6.45, 7) is 7.20. The summed E-state index contributed by atoms with van der Waals surface area (Å²) in [6, 6.07) is 5.65. The van der Waals surface area contributed by atoms with Crippen LogP contribution in [-0.2, 0) is 12.6 Å². The third kappa shape index (κ3) is 3.75. The Kier molecular flexibility index (Phi) is 5.03. The van der Waals surface area contributed by atoms with E-state index < -0.39 is 0 Å². The van der Waals surface area contributed by atoms with Crippen LogP contribution < -0.4 is 16.2 Å². The molecule has 2 aromatic heterocycles. The lowest BCUT2D eigenvalue weighted by Gasteiger charge is -2.26. The topological polar surface area (TPSA) is 59.0 Å². The Morgan fingerprint density at radius 3 is 2.68 bits per heavy atom. The highest BCUT2D eigenvalue weighted by atomic mass is 79.9. The minimum absolute atomic E-state index is 0.0953. The fourth-order valence-electron chi connectivity index (χ4n) is 2.28. The van der Waals surface area contributed by atoms with E-state index in [2.05, 4.69) is 52.3 Å². The maximum absolute atomic E-state index is 12.1. The van der Waals surface area contributed by atoms with Gasteiger partial charge in [0, 0.05) is 29.5 Å². The van der Waals surface area contributed by atoms with Crippen LogP contribution in [0.1, 0.15) is 26.3 Å². The fourth-order valence-corrected chi connectivity index (χ4v) is 2.82. The van der Waals surface area contributed by atoms with Gasteiger partial charge in [-0.2, -0.15) is 0 Å². The standard InChI is InChI=1S/C16H21BrN4O/c1-5-19-16(2,3)11-6-7-14(18-9-11)20-13-8-12(17)10-21(4)15(13)22/h6-10,19H,5H2,1-4H3,(H,18,20). The van der Waals surface area contributed by atoms with Gasteiger partial charge >= 0.3 is 0 Å². The molecule has 0 saturated carbocycles. The third-order valence-corrected chi connectivity index (χ3v) is 3.95. The number of nitrogens with one attached hydrogen (secondary N) is 2. The fraction of sp³-hybridized carbons (Fsp3) is 0.375. The van der Waals surface area contributed by atoms with Crippen LogP contribution >= 0.6 is 15.9 Å². The number of nitrogens with zero attached hydrogens (tertiary/aromatic N) is 2. The van der Waals surface area contributed by atoms with Crippen molar-refractivity contribution in [2.45, 2.75) is 26.3 Å². The number of aromatic nitrogens is 2. The molecule has 0 aromatic carbocycles. The molecule has 0 aliphatic heterocycles. The summed E-state index contributed by atoms with van der Waals surface area (Å²) in [6.07, 6.45) is 3.55. The van der Waals surface area contributed by atoms with Crippen molar-refractivity contribution in [3.8, 4) is 0 Å². The monoisotopic (exact) mass is 364 g/mol. The summed E-state index contributed by atoms with van der Waals surface area (Å²) in [5.74, 6) is 0.645. The Balaban J connectivity index is 2.24. The maximum Gasteiger partial charge on any atom is 0.274 e. The van der Waals surface area contributed by atoms with Crippen LogP contribution in [0.5, 0.6) is 0 Å². The van der Waals surface area contributed by atoms with Gasteiger partial charge in [0.2, 0.25) is 0 Å². The van der Waals surface area contributed by atoms with E-state index in [9.17, 15) is 4.79 Å². The molecule has 0 radical (unpaired) electrons. The molecule has 2 heterocycles. The number of rotatable bonds is 5. The van der Waals surface area contributed by atoms with Gasteiger partial charge in [0.05, 0.1) is 0 Å². The van der Waals surface area contributed by atoms with E-state index in [1.165, 1.54) is 4.57 Å². The third-order valence-electron chi connectivity index (χ3n) is 3.52. The van der Waals surface area contributed by atoms with Crippen LogP contribution in [0.3, 0.4) is 0 Å². The van der Waals surface area contributed by atoms with Crippen LogP contribution in [0, 0.1) is 0 Å². The molecular weight excluding hydrogens is 344 g/mol. The van der Waals surface area contributed by atoms with Crippen molar-refractivity contribution in [2.75, 3.05) is 11.9 Å². The molecule has 2 rings (SSSR count). The summed E-state index contributed by atoms with van der Waals surface area (Å²) in [5, 5.41) is 6.48. The van der Waals surface area contributed by atoms with Gasteiger partial charge in [-0.1, -0.05) is 13.0 Å². The second kappa shape index (κ2) is 6.62. The summed E-state index contributed by atoms with van der Waals surface area (Å²) < 4.78 is 2.36. The second-order valence-electron chi connectivity index (χ2n) is 5.70. The number of halogens is 1. The van der Waals surface area contributed by atoms with Crippen molar-refractivity contribution >= 4 is 27.4 Å². The van der Waals surface area contributed by atoms with Crippen LogP contribution in [0.2, 0.25) is 0 Å². The van der Waals surface area contributed by atoms with Crippen molar-refractivity contribution in [3.63, 3.8) is 0 Å². The van der Waals surface area contributed by atoms with Gasteiger partial charge < -0.3 is 15.2 Å². The zero-order valence-corrected chi connectivity index (χ0v) is 14.9. The SMILES string of the molecule is CCNC(C)(C)c1ccc(Nc2cc(Br)cn(C)c2=O)nc1. The van der Waals surface area contributed by atoms with E-state index >= 15 is 0 Å².